The molecule has 4 heterocycles. The largest absolute Gasteiger partial charge is 0.344 e. The molecule has 0 radical (unpaired) electrons. The molecule has 244 valence electrons. The third-order valence-corrected chi connectivity index (χ3v) is 13.8. The molecule has 0 N–H and O–H groups in total. The van der Waals surface area contributed by atoms with Gasteiger partial charge in [-0.3, -0.25) is 0 Å². The van der Waals surface area contributed by atoms with Gasteiger partial charge in [-0.1, -0.05) is 84.9 Å². The number of nitrogens with zero attached hydrogens (tertiary/aromatic N) is 2. The summed E-state index contributed by atoms with van der Waals surface area (Å²) in [6.07, 6.45) is 0. The maximum absolute atomic E-state index is 2.40. The van der Waals surface area contributed by atoms with Gasteiger partial charge in [0, 0.05) is 98.1 Å². The Balaban J connectivity index is 0.990. The van der Waals surface area contributed by atoms with Gasteiger partial charge in [-0.25, -0.2) is 0 Å². The van der Waals surface area contributed by atoms with Crippen LogP contribution < -0.4 is 0 Å². The van der Waals surface area contributed by atoms with Gasteiger partial charge in [-0.15, -0.1) is 22.7 Å². The summed E-state index contributed by atoms with van der Waals surface area (Å²) in [5, 5.41) is 13.3. The highest BCUT2D eigenvalue weighted by molar-refractivity contribution is 7.26. The van der Waals surface area contributed by atoms with E-state index in [0.29, 0.717) is 0 Å². The molecule has 52 heavy (non-hydrogen) atoms. The highest BCUT2D eigenvalue weighted by Crippen LogP contribution is 2.46. The molecule has 0 aliphatic carbocycles. The first-order valence-corrected chi connectivity index (χ1v) is 19.4. The van der Waals surface area contributed by atoms with Crippen molar-refractivity contribution in [1.29, 1.82) is 0 Å². The average molecular weight is 699 g/mol. The molecule has 0 fully saturated rings. The standard InChI is InChI=1S/C48H30N2S2/c1-49-39-9-5-3-7-31(39)37-23-27(13-19-41(37)49)29-11-15-35-45(25-29)51-43-21-17-34-33(47(35)43)18-22-44-48(34)36-16-12-30(26-46(36)52-44)28-14-20-42-38(24-28)32-8-4-6-10-40(32)50(42)2/h3-26H,1-2H3. The first kappa shape index (κ1) is 28.7. The fraction of sp³-hybridized carbons (Fsp3) is 0.0417. The van der Waals surface area contributed by atoms with Crippen LogP contribution in [-0.2, 0) is 14.1 Å². The molecular weight excluding hydrogens is 669 g/mol. The van der Waals surface area contributed by atoms with Gasteiger partial charge in [-0.2, -0.15) is 0 Å². The van der Waals surface area contributed by atoms with Crippen molar-refractivity contribution < 1.29 is 0 Å². The number of para-hydroxylation sites is 2. The summed E-state index contributed by atoms with van der Waals surface area (Å²) in [6, 6.07) is 54.8. The lowest BCUT2D eigenvalue weighted by atomic mass is 9.97. The van der Waals surface area contributed by atoms with Gasteiger partial charge < -0.3 is 9.13 Å². The topological polar surface area (TPSA) is 9.86 Å². The van der Waals surface area contributed by atoms with Crippen molar-refractivity contribution in [3.8, 4) is 22.3 Å². The number of benzene rings is 8. The molecule has 0 amide bonds. The zero-order valence-corrected chi connectivity index (χ0v) is 30.2. The van der Waals surface area contributed by atoms with Crippen LogP contribution >= 0.6 is 22.7 Å². The maximum Gasteiger partial charge on any atom is 0.0489 e. The van der Waals surface area contributed by atoms with Gasteiger partial charge in [0.2, 0.25) is 0 Å². The lowest BCUT2D eigenvalue weighted by Gasteiger charge is -2.06. The van der Waals surface area contributed by atoms with E-state index in [1.807, 2.05) is 22.7 Å². The second kappa shape index (κ2) is 10.3. The number of hydrogen-bond acceptors (Lipinski definition) is 2. The SMILES string of the molecule is Cn1c2ccccc2c2cc(-c3ccc4c(c3)sc3ccc5c(ccc6sc7cc(-c8ccc9c(c8)c8ccccc8n9C)ccc7c65)c34)ccc21. The predicted molar refractivity (Wildman–Crippen MR) is 229 cm³/mol. The second-order valence-electron chi connectivity index (χ2n) is 14.2. The van der Waals surface area contributed by atoms with Crippen LogP contribution in [0.15, 0.2) is 146 Å². The molecule has 4 heteroatoms. The van der Waals surface area contributed by atoms with E-state index in [1.54, 1.807) is 0 Å². The first-order chi connectivity index (χ1) is 25.6. The van der Waals surface area contributed by atoms with Crippen LogP contribution in [0.3, 0.4) is 0 Å². The Morgan fingerprint density at radius 1 is 0.308 bits per heavy atom. The fourth-order valence-electron chi connectivity index (χ4n) is 9.01. The molecule has 4 aromatic heterocycles. The number of fused-ring (bicyclic) bond motifs is 15. The molecule has 0 unspecified atom stereocenters. The molecule has 0 saturated heterocycles. The monoisotopic (exact) mass is 698 g/mol. The summed E-state index contributed by atoms with van der Waals surface area (Å²) in [6.45, 7) is 0. The molecular formula is C48H30N2S2. The Morgan fingerprint density at radius 3 is 1.17 bits per heavy atom. The number of thiophene rings is 2. The summed E-state index contributed by atoms with van der Waals surface area (Å²) in [4.78, 5) is 0. The van der Waals surface area contributed by atoms with E-state index in [9.17, 15) is 0 Å². The normalized spacial score (nSPS) is 12.4. The van der Waals surface area contributed by atoms with E-state index in [4.69, 9.17) is 0 Å². The highest BCUT2D eigenvalue weighted by Gasteiger charge is 2.17. The molecule has 12 aromatic rings. The summed E-state index contributed by atoms with van der Waals surface area (Å²) in [5.41, 5.74) is 10.1. The Kier molecular flexibility index (Phi) is 5.70. The highest BCUT2D eigenvalue weighted by atomic mass is 32.1. The Bertz CT molecular complexity index is 3260. The Hall–Kier alpha value is -5.94. The lowest BCUT2D eigenvalue weighted by Crippen LogP contribution is -1.86. The molecule has 8 aromatic carbocycles. The summed E-state index contributed by atoms with van der Waals surface area (Å²) < 4.78 is 9.95. The van der Waals surface area contributed by atoms with Crippen LogP contribution in [-0.4, -0.2) is 9.13 Å². The van der Waals surface area contributed by atoms with E-state index in [2.05, 4.69) is 169 Å². The summed E-state index contributed by atoms with van der Waals surface area (Å²) in [5.74, 6) is 0. The molecule has 2 nitrogen and oxygen atoms in total. The molecule has 0 aliphatic rings. The molecule has 0 spiro atoms. The van der Waals surface area contributed by atoms with E-state index < -0.39 is 0 Å². The Labute approximate surface area is 307 Å². The van der Waals surface area contributed by atoms with Crippen molar-refractivity contribution in [1.82, 2.24) is 9.13 Å². The smallest absolute Gasteiger partial charge is 0.0489 e. The van der Waals surface area contributed by atoms with Crippen molar-refractivity contribution in [3.05, 3.63) is 146 Å². The van der Waals surface area contributed by atoms with E-state index >= 15 is 0 Å². The van der Waals surface area contributed by atoms with Crippen LogP contribution in [0.2, 0.25) is 0 Å². The third kappa shape index (κ3) is 3.83. The van der Waals surface area contributed by atoms with Gasteiger partial charge >= 0.3 is 0 Å². The van der Waals surface area contributed by atoms with Crippen LogP contribution in [0, 0.1) is 0 Å². The van der Waals surface area contributed by atoms with Gasteiger partial charge in [0.05, 0.1) is 0 Å². The van der Waals surface area contributed by atoms with Crippen molar-refractivity contribution in [2.45, 2.75) is 0 Å². The van der Waals surface area contributed by atoms with Gasteiger partial charge in [0.15, 0.2) is 0 Å². The van der Waals surface area contributed by atoms with Crippen LogP contribution in [0.5, 0.6) is 0 Å². The van der Waals surface area contributed by atoms with Crippen molar-refractivity contribution in [2.75, 3.05) is 0 Å². The van der Waals surface area contributed by atoms with Crippen LogP contribution in [0.25, 0.3) is 117 Å². The summed E-state index contributed by atoms with van der Waals surface area (Å²) >= 11 is 3.81. The van der Waals surface area contributed by atoms with Gasteiger partial charge in [-0.05, 0) is 93.7 Å². The van der Waals surface area contributed by atoms with Gasteiger partial charge in [0.25, 0.3) is 0 Å². The zero-order chi connectivity index (χ0) is 34.2. The van der Waals surface area contributed by atoms with Crippen molar-refractivity contribution in [3.63, 3.8) is 0 Å². The fourth-order valence-corrected chi connectivity index (χ4v) is 11.3. The predicted octanol–water partition coefficient (Wildman–Crippen LogP) is 14.2. The number of aromatic nitrogens is 2. The molecule has 0 saturated carbocycles. The second-order valence-corrected chi connectivity index (χ2v) is 16.4. The molecule has 0 bridgehead atoms. The lowest BCUT2D eigenvalue weighted by molar-refractivity contribution is 1.01. The van der Waals surface area contributed by atoms with E-state index in [1.165, 1.54) is 117 Å². The number of rotatable bonds is 2. The minimum absolute atomic E-state index is 1.26. The third-order valence-electron chi connectivity index (χ3n) is 11.6. The van der Waals surface area contributed by atoms with Crippen LogP contribution in [0.4, 0.5) is 0 Å². The molecule has 0 atom stereocenters. The minimum Gasteiger partial charge on any atom is -0.344 e. The van der Waals surface area contributed by atoms with Crippen molar-refractivity contribution in [2.24, 2.45) is 14.1 Å². The van der Waals surface area contributed by atoms with E-state index in [0.717, 1.165) is 0 Å². The number of aryl methyl sites for hydroxylation is 2. The first-order valence-electron chi connectivity index (χ1n) is 17.8. The van der Waals surface area contributed by atoms with Crippen LogP contribution in [0.1, 0.15) is 0 Å². The number of hydrogen-bond donors (Lipinski definition) is 0. The van der Waals surface area contributed by atoms with E-state index in [-0.39, 0.29) is 0 Å². The van der Waals surface area contributed by atoms with Crippen molar-refractivity contribution >= 4 is 117 Å². The molecule has 12 rings (SSSR count). The zero-order valence-electron chi connectivity index (χ0n) is 28.6. The Morgan fingerprint density at radius 2 is 0.692 bits per heavy atom. The maximum atomic E-state index is 2.40. The minimum atomic E-state index is 1.26. The summed E-state index contributed by atoms with van der Waals surface area (Å²) in [7, 11) is 4.32. The average Bonchev–Trinajstić information content (AvgIpc) is 3.92. The quantitative estimate of drug-likeness (QED) is 0.170. The molecule has 0 aliphatic heterocycles. The van der Waals surface area contributed by atoms with Gasteiger partial charge in [0.1, 0.15) is 0 Å².